The van der Waals surface area contributed by atoms with Crippen molar-refractivity contribution in [1.29, 1.82) is 0 Å². The molecule has 1 amide bonds. The zero-order valence-electron chi connectivity index (χ0n) is 15.8. The van der Waals surface area contributed by atoms with Gasteiger partial charge in [-0.1, -0.05) is 30.3 Å². The van der Waals surface area contributed by atoms with Crippen LogP contribution in [0, 0.1) is 16.0 Å². The minimum Gasteiger partial charge on any atom is -0.381 e. The Bertz CT molecular complexity index is 967. The maximum absolute atomic E-state index is 13.3. The smallest absolute Gasteiger partial charge is 0.381 e. The first-order chi connectivity index (χ1) is 14.3. The summed E-state index contributed by atoms with van der Waals surface area (Å²) >= 11 is 0. The van der Waals surface area contributed by atoms with E-state index in [1.165, 1.54) is 36.4 Å². The van der Waals surface area contributed by atoms with Crippen molar-refractivity contribution in [3.63, 3.8) is 0 Å². The Morgan fingerprint density at radius 2 is 1.87 bits per heavy atom. The van der Waals surface area contributed by atoms with Crippen LogP contribution in [0.4, 0.5) is 24.5 Å². The third-order valence-electron chi connectivity index (χ3n) is 4.78. The molecule has 0 spiro atoms. The zero-order chi connectivity index (χ0) is 21.7. The molecule has 3 rings (SSSR count). The van der Waals surface area contributed by atoms with Crippen molar-refractivity contribution in [2.75, 3.05) is 18.5 Å². The molecule has 2 aromatic carbocycles. The lowest BCUT2D eigenvalue weighted by molar-refractivity contribution is -0.383. The second-order valence-corrected chi connectivity index (χ2v) is 6.83. The molecule has 1 N–H and O–H groups in total. The summed E-state index contributed by atoms with van der Waals surface area (Å²) in [5, 5.41) is 13.9. The van der Waals surface area contributed by atoms with Crippen molar-refractivity contribution < 1.29 is 27.6 Å². The van der Waals surface area contributed by atoms with E-state index in [0.29, 0.717) is 13.2 Å². The summed E-state index contributed by atoms with van der Waals surface area (Å²) in [5.74, 6) is -0.353. The van der Waals surface area contributed by atoms with Gasteiger partial charge in [-0.2, -0.15) is 13.2 Å². The van der Waals surface area contributed by atoms with E-state index in [2.05, 4.69) is 5.32 Å². The van der Waals surface area contributed by atoms with Crippen LogP contribution in [0.25, 0.3) is 11.1 Å². The minimum absolute atomic E-state index is 0.0328. The van der Waals surface area contributed by atoms with Crippen molar-refractivity contribution in [2.24, 2.45) is 5.92 Å². The van der Waals surface area contributed by atoms with Crippen molar-refractivity contribution in [3.05, 3.63) is 70.3 Å². The van der Waals surface area contributed by atoms with Gasteiger partial charge in [0.25, 0.3) is 5.69 Å². The van der Waals surface area contributed by atoms with Gasteiger partial charge in [0.05, 0.1) is 10.5 Å². The Morgan fingerprint density at radius 1 is 1.17 bits per heavy atom. The van der Waals surface area contributed by atoms with Crippen LogP contribution < -0.4 is 5.32 Å². The molecule has 6 nitrogen and oxygen atoms in total. The van der Waals surface area contributed by atoms with Crippen molar-refractivity contribution in [3.8, 4) is 11.1 Å². The third-order valence-corrected chi connectivity index (χ3v) is 4.78. The number of carbonyl (C=O) groups excluding carboxylic acids is 1. The highest BCUT2D eigenvalue weighted by Crippen LogP contribution is 2.39. The highest BCUT2D eigenvalue weighted by atomic mass is 19.4. The van der Waals surface area contributed by atoms with E-state index in [0.717, 1.165) is 25.0 Å². The summed E-state index contributed by atoms with van der Waals surface area (Å²) in [6.45, 7) is 1.23. The predicted octanol–water partition coefficient (Wildman–Crippen LogP) is 5.20. The topological polar surface area (TPSA) is 81.5 Å². The largest absolute Gasteiger partial charge is 0.417 e. The molecule has 0 saturated carbocycles. The van der Waals surface area contributed by atoms with E-state index in [4.69, 9.17) is 4.74 Å². The van der Waals surface area contributed by atoms with Crippen LogP contribution in [-0.4, -0.2) is 24.0 Å². The van der Waals surface area contributed by atoms with Gasteiger partial charge >= 0.3 is 6.18 Å². The van der Waals surface area contributed by atoms with Crippen LogP contribution in [0.3, 0.4) is 0 Å². The minimum atomic E-state index is -4.60. The lowest BCUT2D eigenvalue weighted by Crippen LogP contribution is -2.15. The number of rotatable bonds is 5. The zero-order valence-corrected chi connectivity index (χ0v) is 15.8. The number of nitrogens with one attached hydrogen (secondary N) is 1. The Morgan fingerprint density at radius 3 is 2.53 bits per heavy atom. The van der Waals surface area contributed by atoms with E-state index in [1.807, 2.05) is 0 Å². The molecule has 0 bridgehead atoms. The molecule has 1 aliphatic heterocycles. The number of halogens is 3. The summed E-state index contributed by atoms with van der Waals surface area (Å²) in [7, 11) is 0. The van der Waals surface area contributed by atoms with Gasteiger partial charge in [-0.25, -0.2) is 0 Å². The average Bonchev–Trinajstić information content (AvgIpc) is 2.72. The van der Waals surface area contributed by atoms with E-state index in [1.54, 1.807) is 6.08 Å². The maximum Gasteiger partial charge on any atom is 0.417 e. The van der Waals surface area contributed by atoms with E-state index < -0.39 is 28.3 Å². The number of alkyl halides is 3. The lowest BCUT2D eigenvalue weighted by Gasteiger charge is -2.18. The number of hydrogen-bond acceptors (Lipinski definition) is 4. The van der Waals surface area contributed by atoms with Crippen LogP contribution in [0.2, 0.25) is 0 Å². The van der Waals surface area contributed by atoms with Crippen LogP contribution >= 0.6 is 0 Å². The monoisotopic (exact) mass is 420 g/mol. The Hall–Kier alpha value is -3.20. The van der Waals surface area contributed by atoms with Gasteiger partial charge in [0.2, 0.25) is 5.91 Å². The maximum atomic E-state index is 13.3. The van der Waals surface area contributed by atoms with Crippen LogP contribution in [0.15, 0.2) is 54.6 Å². The number of nitrogens with zero attached hydrogens (tertiary/aromatic N) is 1. The molecule has 0 radical (unpaired) electrons. The fourth-order valence-electron chi connectivity index (χ4n) is 3.24. The van der Waals surface area contributed by atoms with Crippen molar-refractivity contribution in [1.82, 2.24) is 0 Å². The molecule has 30 heavy (non-hydrogen) atoms. The number of anilines is 1. The number of carbonyl (C=O) groups is 1. The number of hydrogen-bond donors (Lipinski definition) is 1. The number of nitro benzene ring substituents is 1. The van der Waals surface area contributed by atoms with E-state index in [9.17, 15) is 28.1 Å². The van der Waals surface area contributed by atoms with E-state index >= 15 is 0 Å². The molecule has 0 atom stereocenters. The number of benzene rings is 2. The normalized spacial score (nSPS) is 15.3. The van der Waals surface area contributed by atoms with Crippen molar-refractivity contribution >= 4 is 17.3 Å². The summed E-state index contributed by atoms with van der Waals surface area (Å²) in [5.41, 5.74) is -1.61. The molecule has 158 valence electrons. The number of nitro groups is 1. The molecule has 2 aromatic rings. The molecular formula is C21H19F3N2O4. The van der Waals surface area contributed by atoms with Crippen LogP contribution in [-0.2, 0) is 15.7 Å². The summed E-state index contributed by atoms with van der Waals surface area (Å²) in [6.07, 6.45) is 0.0197. The van der Waals surface area contributed by atoms with Crippen LogP contribution in [0.5, 0.6) is 0 Å². The summed E-state index contributed by atoms with van der Waals surface area (Å²) in [4.78, 5) is 22.9. The molecular weight excluding hydrogens is 401 g/mol. The van der Waals surface area contributed by atoms with Gasteiger partial charge in [0, 0.05) is 19.3 Å². The molecule has 0 aliphatic carbocycles. The Balaban J connectivity index is 1.85. The predicted molar refractivity (Wildman–Crippen MR) is 105 cm³/mol. The summed E-state index contributed by atoms with van der Waals surface area (Å²) < 4.78 is 45.1. The van der Waals surface area contributed by atoms with Gasteiger partial charge in [-0.3, -0.25) is 14.9 Å². The fourth-order valence-corrected chi connectivity index (χ4v) is 3.24. The molecule has 1 saturated heterocycles. The lowest BCUT2D eigenvalue weighted by atomic mass is 9.98. The first-order valence-electron chi connectivity index (χ1n) is 9.27. The third kappa shape index (κ3) is 5.24. The number of ether oxygens (including phenoxy) is 1. The number of allylic oxidation sites excluding steroid dienone is 1. The quantitative estimate of drug-likeness (QED) is 0.409. The van der Waals surface area contributed by atoms with Gasteiger partial charge < -0.3 is 10.1 Å². The van der Waals surface area contributed by atoms with Crippen molar-refractivity contribution in [2.45, 2.75) is 19.0 Å². The molecule has 1 heterocycles. The molecule has 1 aliphatic rings. The second kappa shape index (κ2) is 9.08. The molecule has 0 unspecified atom stereocenters. The highest BCUT2D eigenvalue weighted by Gasteiger charge is 2.33. The van der Waals surface area contributed by atoms with E-state index in [-0.39, 0.29) is 22.7 Å². The highest BCUT2D eigenvalue weighted by molar-refractivity contribution is 6.01. The second-order valence-electron chi connectivity index (χ2n) is 6.83. The first-order valence-corrected chi connectivity index (χ1v) is 9.27. The molecule has 1 fully saturated rings. The fraction of sp³-hybridized carbons (Fsp3) is 0.286. The first kappa shape index (κ1) is 21.5. The van der Waals surface area contributed by atoms with Gasteiger partial charge in [-0.15, -0.1) is 0 Å². The number of amides is 1. The average molecular weight is 420 g/mol. The Labute approximate surface area is 170 Å². The van der Waals surface area contributed by atoms with Gasteiger partial charge in [0.15, 0.2) is 0 Å². The summed E-state index contributed by atoms with van der Waals surface area (Å²) in [6, 6.07) is 8.42. The molecule has 9 heteroatoms. The Kier molecular flexibility index (Phi) is 6.51. The van der Waals surface area contributed by atoms with Gasteiger partial charge in [0.1, 0.15) is 5.69 Å². The SMILES string of the molecule is O=C(/C=C/C1CCOCC1)Nc1ccc(-c2ccccc2C(F)(F)F)cc1[N+](=O)[O-]. The van der Waals surface area contributed by atoms with Crippen LogP contribution in [0.1, 0.15) is 18.4 Å². The van der Waals surface area contributed by atoms with Gasteiger partial charge in [-0.05, 0) is 48.1 Å². The standard InChI is InChI=1S/C21H19F3N2O4/c22-21(23,24)17-4-2-1-3-16(17)15-6-7-18(19(13-15)26(28)29)25-20(27)8-5-14-9-11-30-12-10-14/h1-8,13-14H,9-12H2,(H,25,27)/b8-5+. The molecule has 0 aromatic heterocycles.